The summed E-state index contributed by atoms with van der Waals surface area (Å²) in [5.74, 6) is 0.628. The van der Waals surface area contributed by atoms with Crippen LogP contribution >= 0.6 is 11.3 Å². The van der Waals surface area contributed by atoms with Gasteiger partial charge in [0.15, 0.2) is 0 Å². The van der Waals surface area contributed by atoms with E-state index in [1.807, 2.05) is 6.07 Å². The van der Waals surface area contributed by atoms with E-state index < -0.39 is 5.60 Å². The van der Waals surface area contributed by atoms with Crippen molar-refractivity contribution < 1.29 is 5.11 Å². The molecule has 1 saturated carbocycles. The fourth-order valence-electron chi connectivity index (χ4n) is 3.30. The number of benzene rings is 1. The van der Waals surface area contributed by atoms with Crippen molar-refractivity contribution in [1.82, 2.24) is 10.3 Å². The number of aliphatic hydroxyl groups is 1. The molecule has 3 atom stereocenters. The van der Waals surface area contributed by atoms with Crippen molar-refractivity contribution in [2.24, 2.45) is 5.92 Å². The number of thiazole rings is 1. The van der Waals surface area contributed by atoms with Crippen LogP contribution in [0.2, 0.25) is 0 Å². The van der Waals surface area contributed by atoms with Gasteiger partial charge >= 0.3 is 0 Å². The molecule has 3 rings (SSSR count). The SMILES string of the molecule is CC1CCCC(O)(CNC(C)c2nc3ccccc3s2)C1. The zero-order chi connectivity index (χ0) is 14.9. The third kappa shape index (κ3) is 3.44. The standard InChI is InChI=1S/C17H24N2OS/c1-12-6-5-9-17(20,10-12)11-18-13(2)16-19-14-7-3-4-8-15(14)21-16/h3-4,7-8,12-13,18,20H,5-6,9-11H2,1-2H3. The molecule has 2 N–H and O–H groups in total. The Morgan fingerprint density at radius 1 is 1.48 bits per heavy atom. The van der Waals surface area contributed by atoms with Crippen LogP contribution in [0.25, 0.3) is 10.2 Å². The van der Waals surface area contributed by atoms with Gasteiger partial charge in [-0.1, -0.05) is 31.9 Å². The second kappa shape index (κ2) is 6.03. The van der Waals surface area contributed by atoms with E-state index in [1.165, 1.54) is 11.1 Å². The second-order valence-electron chi connectivity index (χ2n) is 6.55. The van der Waals surface area contributed by atoms with Gasteiger partial charge in [0.2, 0.25) is 0 Å². The summed E-state index contributed by atoms with van der Waals surface area (Å²) in [7, 11) is 0. The Hall–Kier alpha value is -0.970. The van der Waals surface area contributed by atoms with Crippen LogP contribution in [-0.2, 0) is 0 Å². The molecule has 1 aliphatic carbocycles. The Morgan fingerprint density at radius 3 is 3.05 bits per heavy atom. The highest BCUT2D eigenvalue weighted by atomic mass is 32.1. The predicted molar refractivity (Wildman–Crippen MR) is 88.6 cm³/mol. The fraction of sp³-hybridized carbons (Fsp3) is 0.588. The molecule has 0 amide bonds. The number of rotatable bonds is 4. The minimum Gasteiger partial charge on any atom is -0.389 e. The molecule has 2 aromatic rings. The van der Waals surface area contributed by atoms with Crippen LogP contribution in [0.5, 0.6) is 0 Å². The van der Waals surface area contributed by atoms with Crippen molar-refractivity contribution in [3.8, 4) is 0 Å². The molecule has 1 aromatic heterocycles. The summed E-state index contributed by atoms with van der Waals surface area (Å²) in [6.45, 7) is 5.03. The molecule has 21 heavy (non-hydrogen) atoms. The molecular weight excluding hydrogens is 280 g/mol. The minimum absolute atomic E-state index is 0.184. The molecule has 114 valence electrons. The molecule has 3 nitrogen and oxygen atoms in total. The number of nitrogens with zero attached hydrogens (tertiary/aromatic N) is 1. The van der Waals surface area contributed by atoms with Gasteiger partial charge in [-0.15, -0.1) is 11.3 Å². The van der Waals surface area contributed by atoms with Crippen molar-refractivity contribution in [3.63, 3.8) is 0 Å². The van der Waals surface area contributed by atoms with Gasteiger partial charge in [0.05, 0.1) is 21.9 Å². The molecular formula is C17H24N2OS. The molecule has 0 spiro atoms. The van der Waals surface area contributed by atoms with Crippen LogP contribution in [0.4, 0.5) is 0 Å². The number of nitrogens with one attached hydrogen (secondary N) is 1. The first-order valence-corrected chi connectivity index (χ1v) is 8.69. The Balaban J connectivity index is 1.64. The molecule has 0 aliphatic heterocycles. The van der Waals surface area contributed by atoms with Crippen LogP contribution in [0, 0.1) is 5.92 Å². The van der Waals surface area contributed by atoms with Gasteiger partial charge in [-0.3, -0.25) is 0 Å². The fourth-order valence-corrected chi connectivity index (χ4v) is 4.29. The quantitative estimate of drug-likeness (QED) is 0.901. The van der Waals surface area contributed by atoms with E-state index in [4.69, 9.17) is 0 Å². The smallest absolute Gasteiger partial charge is 0.111 e. The number of hydrogen-bond acceptors (Lipinski definition) is 4. The van der Waals surface area contributed by atoms with E-state index in [9.17, 15) is 5.11 Å². The van der Waals surface area contributed by atoms with Crippen molar-refractivity contribution >= 4 is 21.6 Å². The van der Waals surface area contributed by atoms with Crippen LogP contribution in [0.1, 0.15) is 50.6 Å². The van der Waals surface area contributed by atoms with E-state index in [0.29, 0.717) is 12.5 Å². The number of hydrogen-bond donors (Lipinski definition) is 2. The van der Waals surface area contributed by atoms with Gasteiger partial charge < -0.3 is 10.4 Å². The third-order valence-electron chi connectivity index (χ3n) is 4.49. The summed E-state index contributed by atoms with van der Waals surface area (Å²) in [5.41, 5.74) is 0.527. The Labute approximate surface area is 130 Å². The first-order chi connectivity index (χ1) is 10.1. The topological polar surface area (TPSA) is 45.1 Å². The maximum Gasteiger partial charge on any atom is 0.111 e. The maximum atomic E-state index is 10.7. The average Bonchev–Trinajstić information content (AvgIpc) is 2.88. The molecule has 1 aliphatic rings. The number of aromatic nitrogens is 1. The summed E-state index contributed by atoms with van der Waals surface area (Å²) in [4.78, 5) is 4.69. The lowest BCUT2D eigenvalue weighted by molar-refractivity contribution is -0.0134. The average molecular weight is 304 g/mol. The molecule has 3 unspecified atom stereocenters. The third-order valence-corrected chi connectivity index (χ3v) is 5.70. The lowest BCUT2D eigenvalue weighted by Gasteiger charge is -2.36. The highest BCUT2D eigenvalue weighted by molar-refractivity contribution is 7.18. The van der Waals surface area contributed by atoms with Gasteiger partial charge in [0, 0.05) is 6.54 Å². The minimum atomic E-state index is -0.539. The van der Waals surface area contributed by atoms with Gasteiger partial charge in [0.1, 0.15) is 5.01 Å². The maximum absolute atomic E-state index is 10.7. The van der Waals surface area contributed by atoms with Crippen molar-refractivity contribution in [2.45, 2.75) is 51.2 Å². The van der Waals surface area contributed by atoms with E-state index in [-0.39, 0.29) is 6.04 Å². The molecule has 0 radical (unpaired) electrons. The van der Waals surface area contributed by atoms with Gasteiger partial charge in [-0.05, 0) is 37.8 Å². The van der Waals surface area contributed by atoms with Crippen LogP contribution in [0.15, 0.2) is 24.3 Å². The number of para-hydroxylation sites is 1. The number of fused-ring (bicyclic) bond motifs is 1. The normalized spacial score (nSPS) is 27.9. The monoisotopic (exact) mass is 304 g/mol. The van der Waals surface area contributed by atoms with Crippen molar-refractivity contribution in [2.75, 3.05) is 6.54 Å². The molecule has 1 heterocycles. The molecule has 0 saturated heterocycles. The van der Waals surface area contributed by atoms with Gasteiger partial charge in [0.25, 0.3) is 0 Å². The van der Waals surface area contributed by atoms with Crippen molar-refractivity contribution in [1.29, 1.82) is 0 Å². The lowest BCUT2D eigenvalue weighted by atomic mass is 9.79. The zero-order valence-electron chi connectivity index (χ0n) is 12.8. The summed E-state index contributed by atoms with van der Waals surface area (Å²) in [6.07, 6.45) is 4.20. The summed E-state index contributed by atoms with van der Waals surface area (Å²) in [6, 6.07) is 8.42. The lowest BCUT2D eigenvalue weighted by Crippen LogP contribution is -2.44. The highest BCUT2D eigenvalue weighted by Gasteiger charge is 2.32. The predicted octanol–water partition coefficient (Wildman–Crippen LogP) is 3.89. The van der Waals surface area contributed by atoms with Crippen molar-refractivity contribution in [3.05, 3.63) is 29.3 Å². The van der Waals surface area contributed by atoms with Gasteiger partial charge in [-0.25, -0.2) is 4.98 Å². The van der Waals surface area contributed by atoms with E-state index >= 15 is 0 Å². The van der Waals surface area contributed by atoms with E-state index in [2.05, 4.69) is 42.3 Å². The Bertz CT molecular complexity index is 579. The Morgan fingerprint density at radius 2 is 2.29 bits per heavy atom. The van der Waals surface area contributed by atoms with Crippen LogP contribution in [-0.4, -0.2) is 22.2 Å². The highest BCUT2D eigenvalue weighted by Crippen LogP contribution is 2.32. The summed E-state index contributed by atoms with van der Waals surface area (Å²) in [5, 5.41) is 15.3. The summed E-state index contributed by atoms with van der Waals surface area (Å²) >= 11 is 1.74. The Kier molecular flexibility index (Phi) is 4.29. The molecule has 0 bridgehead atoms. The van der Waals surface area contributed by atoms with E-state index in [0.717, 1.165) is 29.8 Å². The molecule has 4 heteroatoms. The first kappa shape index (κ1) is 14.9. The van der Waals surface area contributed by atoms with Gasteiger partial charge in [-0.2, -0.15) is 0 Å². The van der Waals surface area contributed by atoms with Crippen LogP contribution < -0.4 is 5.32 Å². The first-order valence-electron chi connectivity index (χ1n) is 7.87. The van der Waals surface area contributed by atoms with Crippen LogP contribution in [0.3, 0.4) is 0 Å². The zero-order valence-corrected chi connectivity index (χ0v) is 13.6. The molecule has 1 fully saturated rings. The van der Waals surface area contributed by atoms with E-state index in [1.54, 1.807) is 11.3 Å². The molecule has 1 aromatic carbocycles. The second-order valence-corrected chi connectivity index (χ2v) is 7.61. The largest absolute Gasteiger partial charge is 0.389 e. The summed E-state index contributed by atoms with van der Waals surface area (Å²) < 4.78 is 1.23.